The molecule has 0 fully saturated rings. The molecule has 0 bridgehead atoms. The third-order valence-corrected chi connectivity index (χ3v) is 3.41. The van der Waals surface area contributed by atoms with Crippen molar-refractivity contribution in [1.29, 1.82) is 0 Å². The van der Waals surface area contributed by atoms with Gasteiger partial charge in [-0.25, -0.2) is 0 Å². The van der Waals surface area contributed by atoms with E-state index in [0.29, 0.717) is 11.7 Å². The molecule has 1 atom stereocenters. The van der Waals surface area contributed by atoms with Crippen molar-refractivity contribution in [1.82, 2.24) is 10.1 Å². The molecular formula is C10H13N3O2S. The molecule has 0 amide bonds. The van der Waals surface area contributed by atoms with E-state index >= 15 is 0 Å². The van der Waals surface area contributed by atoms with Crippen molar-refractivity contribution in [3.63, 3.8) is 0 Å². The Morgan fingerprint density at radius 3 is 3.00 bits per heavy atom. The van der Waals surface area contributed by atoms with Crippen LogP contribution in [0.4, 0.5) is 0 Å². The Balaban J connectivity index is 2.24. The number of rotatable bonds is 4. The predicted octanol–water partition coefficient (Wildman–Crippen LogP) is 1.35. The van der Waals surface area contributed by atoms with Gasteiger partial charge in [0.1, 0.15) is 0 Å². The second-order valence-electron chi connectivity index (χ2n) is 3.37. The quantitative estimate of drug-likeness (QED) is 0.841. The summed E-state index contributed by atoms with van der Waals surface area (Å²) in [5, 5.41) is 12.6. The van der Waals surface area contributed by atoms with Crippen molar-refractivity contribution in [2.45, 2.75) is 19.4 Å². The molecular weight excluding hydrogens is 226 g/mol. The first-order valence-corrected chi connectivity index (χ1v) is 5.85. The molecule has 0 aliphatic carbocycles. The minimum Gasteiger partial charge on any atom is -0.394 e. The number of thiophene rings is 1. The van der Waals surface area contributed by atoms with Crippen molar-refractivity contribution in [2.24, 2.45) is 5.73 Å². The molecule has 0 saturated carbocycles. The minimum atomic E-state index is -0.580. The van der Waals surface area contributed by atoms with Crippen molar-refractivity contribution in [3.8, 4) is 10.8 Å². The number of hydrogen-bond donors (Lipinski definition) is 2. The van der Waals surface area contributed by atoms with E-state index in [2.05, 4.69) is 17.1 Å². The number of nitrogens with zero attached hydrogens (tertiary/aromatic N) is 2. The SMILES string of the molecule is CCc1ccc(-c2nc(C(N)CO)no2)s1. The average Bonchev–Trinajstić information content (AvgIpc) is 2.95. The molecule has 1 unspecified atom stereocenters. The van der Waals surface area contributed by atoms with Crippen molar-refractivity contribution >= 4 is 11.3 Å². The number of aryl methyl sites for hydroxylation is 1. The monoisotopic (exact) mass is 239 g/mol. The van der Waals surface area contributed by atoms with Crippen LogP contribution in [-0.2, 0) is 6.42 Å². The van der Waals surface area contributed by atoms with Gasteiger partial charge >= 0.3 is 0 Å². The van der Waals surface area contributed by atoms with E-state index < -0.39 is 6.04 Å². The van der Waals surface area contributed by atoms with Crippen LogP contribution in [0.5, 0.6) is 0 Å². The Kier molecular flexibility index (Phi) is 3.33. The molecule has 16 heavy (non-hydrogen) atoms. The van der Waals surface area contributed by atoms with Crippen LogP contribution in [0.1, 0.15) is 23.7 Å². The van der Waals surface area contributed by atoms with Gasteiger partial charge in [-0.05, 0) is 18.6 Å². The zero-order valence-corrected chi connectivity index (χ0v) is 9.70. The summed E-state index contributed by atoms with van der Waals surface area (Å²) in [5.41, 5.74) is 5.59. The van der Waals surface area contributed by atoms with Crippen LogP contribution < -0.4 is 5.73 Å². The third kappa shape index (κ3) is 2.13. The van der Waals surface area contributed by atoms with Crippen molar-refractivity contribution < 1.29 is 9.63 Å². The molecule has 0 saturated heterocycles. The topological polar surface area (TPSA) is 85.2 Å². The fourth-order valence-corrected chi connectivity index (χ4v) is 2.12. The summed E-state index contributed by atoms with van der Waals surface area (Å²) >= 11 is 1.62. The zero-order valence-electron chi connectivity index (χ0n) is 8.88. The molecule has 0 aliphatic heterocycles. The van der Waals surface area contributed by atoms with Gasteiger partial charge in [0.15, 0.2) is 5.82 Å². The molecule has 0 radical (unpaired) electrons. The lowest BCUT2D eigenvalue weighted by molar-refractivity contribution is 0.260. The van der Waals surface area contributed by atoms with Crippen LogP contribution in [0.25, 0.3) is 10.8 Å². The van der Waals surface area contributed by atoms with Gasteiger partial charge in [0.25, 0.3) is 5.89 Å². The van der Waals surface area contributed by atoms with Crippen LogP contribution in [0.3, 0.4) is 0 Å². The van der Waals surface area contributed by atoms with E-state index in [4.69, 9.17) is 15.4 Å². The van der Waals surface area contributed by atoms with Gasteiger partial charge in [-0.3, -0.25) is 0 Å². The Bertz CT molecular complexity index is 466. The van der Waals surface area contributed by atoms with Gasteiger partial charge < -0.3 is 15.4 Å². The van der Waals surface area contributed by atoms with Crippen LogP contribution >= 0.6 is 11.3 Å². The first kappa shape index (κ1) is 11.3. The van der Waals surface area contributed by atoms with Gasteiger partial charge in [-0.2, -0.15) is 4.98 Å². The van der Waals surface area contributed by atoms with Crippen LogP contribution in [-0.4, -0.2) is 21.9 Å². The molecule has 6 heteroatoms. The van der Waals surface area contributed by atoms with E-state index in [1.54, 1.807) is 11.3 Å². The van der Waals surface area contributed by atoms with Crippen LogP contribution in [0.15, 0.2) is 16.7 Å². The van der Waals surface area contributed by atoms with Gasteiger partial charge in [0, 0.05) is 4.88 Å². The summed E-state index contributed by atoms with van der Waals surface area (Å²) in [5.74, 6) is 0.799. The molecule has 2 rings (SSSR count). The normalized spacial score (nSPS) is 12.9. The summed E-state index contributed by atoms with van der Waals surface area (Å²) in [7, 11) is 0. The summed E-state index contributed by atoms with van der Waals surface area (Å²) < 4.78 is 5.09. The maximum absolute atomic E-state index is 8.87. The van der Waals surface area contributed by atoms with E-state index in [1.807, 2.05) is 12.1 Å². The highest BCUT2D eigenvalue weighted by molar-refractivity contribution is 7.15. The summed E-state index contributed by atoms with van der Waals surface area (Å²) in [6.07, 6.45) is 0.988. The molecule has 2 aromatic rings. The number of hydrogen-bond acceptors (Lipinski definition) is 6. The van der Waals surface area contributed by atoms with Crippen LogP contribution in [0, 0.1) is 0 Å². The van der Waals surface area contributed by atoms with E-state index in [0.717, 1.165) is 11.3 Å². The fourth-order valence-electron chi connectivity index (χ4n) is 1.25. The average molecular weight is 239 g/mol. The van der Waals surface area contributed by atoms with Crippen LogP contribution in [0.2, 0.25) is 0 Å². The van der Waals surface area contributed by atoms with E-state index in [9.17, 15) is 0 Å². The van der Waals surface area contributed by atoms with Gasteiger partial charge in [0.05, 0.1) is 17.5 Å². The number of aliphatic hydroxyl groups is 1. The molecule has 2 heterocycles. The lowest BCUT2D eigenvalue weighted by Crippen LogP contribution is -2.15. The van der Waals surface area contributed by atoms with E-state index in [-0.39, 0.29) is 6.61 Å². The Labute approximate surface area is 96.9 Å². The highest BCUT2D eigenvalue weighted by Crippen LogP contribution is 2.27. The maximum Gasteiger partial charge on any atom is 0.268 e. The minimum absolute atomic E-state index is 0.191. The van der Waals surface area contributed by atoms with Crippen molar-refractivity contribution in [3.05, 3.63) is 22.8 Å². The second-order valence-corrected chi connectivity index (χ2v) is 4.53. The first-order valence-electron chi connectivity index (χ1n) is 5.03. The molecule has 0 aromatic carbocycles. The third-order valence-electron chi connectivity index (χ3n) is 2.19. The smallest absolute Gasteiger partial charge is 0.268 e. The predicted molar refractivity (Wildman–Crippen MR) is 61.0 cm³/mol. The highest BCUT2D eigenvalue weighted by atomic mass is 32.1. The highest BCUT2D eigenvalue weighted by Gasteiger charge is 2.15. The Morgan fingerprint density at radius 1 is 1.56 bits per heavy atom. The summed E-state index contributed by atoms with van der Waals surface area (Å²) in [6.45, 7) is 1.90. The molecule has 5 nitrogen and oxygen atoms in total. The number of nitrogens with two attached hydrogens (primary N) is 1. The van der Waals surface area contributed by atoms with Gasteiger partial charge in [-0.15, -0.1) is 11.3 Å². The molecule has 0 aliphatic rings. The van der Waals surface area contributed by atoms with Gasteiger partial charge in [0.2, 0.25) is 0 Å². The molecule has 3 N–H and O–H groups in total. The molecule has 86 valence electrons. The summed E-state index contributed by atoms with van der Waals surface area (Å²) in [4.78, 5) is 6.34. The van der Waals surface area contributed by atoms with Gasteiger partial charge in [-0.1, -0.05) is 12.1 Å². The molecule has 2 aromatic heterocycles. The Morgan fingerprint density at radius 2 is 2.38 bits per heavy atom. The largest absolute Gasteiger partial charge is 0.394 e. The maximum atomic E-state index is 8.87. The Hall–Kier alpha value is -1.24. The molecule has 0 spiro atoms. The second kappa shape index (κ2) is 4.73. The zero-order chi connectivity index (χ0) is 11.5. The number of aliphatic hydroxyl groups excluding tert-OH is 1. The first-order chi connectivity index (χ1) is 7.74. The summed E-state index contributed by atoms with van der Waals surface area (Å²) in [6, 6.07) is 3.41. The van der Waals surface area contributed by atoms with E-state index in [1.165, 1.54) is 4.88 Å². The fraction of sp³-hybridized carbons (Fsp3) is 0.400. The van der Waals surface area contributed by atoms with Crippen molar-refractivity contribution in [2.75, 3.05) is 6.61 Å². The lowest BCUT2D eigenvalue weighted by atomic mass is 10.3. The standard InChI is InChI=1S/C10H13N3O2S/c1-2-6-3-4-8(16-6)10-12-9(13-15-10)7(11)5-14/h3-4,7,14H,2,5,11H2,1H3. The number of aromatic nitrogens is 2. The lowest BCUT2D eigenvalue weighted by Gasteiger charge is -1.98.